The maximum atomic E-state index is 12.3. The first-order valence-electron chi connectivity index (χ1n) is 8.29. The molecular weight excluding hydrogens is 336 g/mol. The second kappa shape index (κ2) is 8.28. The maximum absolute atomic E-state index is 12.3. The van der Waals surface area contributed by atoms with E-state index >= 15 is 0 Å². The van der Waals surface area contributed by atoms with Gasteiger partial charge in [0.2, 0.25) is 17.7 Å². The summed E-state index contributed by atoms with van der Waals surface area (Å²) < 4.78 is 10.8. The lowest BCUT2D eigenvalue weighted by Crippen LogP contribution is -2.39. The van der Waals surface area contributed by atoms with Crippen LogP contribution in [0.1, 0.15) is 16.8 Å². The molecule has 2 amide bonds. The molecule has 8 heteroatoms. The van der Waals surface area contributed by atoms with Gasteiger partial charge in [-0.05, 0) is 12.1 Å². The molecule has 2 heterocycles. The van der Waals surface area contributed by atoms with Crippen molar-refractivity contribution >= 4 is 11.8 Å². The number of rotatable bonds is 6. The molecule has 1 aromatic heterocycles. The molecule has 0 spiro atoms. The first kappa shape index (κ1) is 17.7. The largest absolute Gasteiger partial charge is 0.480 e. The van der Waals surface area contributed by atoms with E-state index in [4.69, 9.17) is 9.47 Å². The summed E-state index contributed by atoms with van der Waals surface area (Å²) in [6, 6.07) is 8.80. The molecule has 1 aliphatic heterocycles. The molecule has 136 valence electrons. The fourth-order valence-electron chi connectivity index (χ4n) is 2.67. The van der Waals surface area contributed by atoms with Crippen molar-refractivity contribution in [2.75, 3.05) is 26.7 Å². The molecule has 26 heavy (non-hydrogen) atoms. The van der Waals surface area contributed by atoms with Crippen molar-refractivity contribution in [3.63, 3.8) is 0 Å². The van der Waals surface area contributed by atoms with Crippen molar-refractivity contribution in [3.05, 3.63) is 48.3 Å². The van der Waals surface area contributed by atoms with Crippen molar-refractivity contribution in [1.29, 1.82) is 0 Å². The highest BCUT2D eigenvalue weighted by Gasteiger charge is 2.28. The molecule has 0 bridgehead atoms. The van der Waals surface area contributed by atoms with Crippen molar-refractivity contribution < 1.29 is 19.1 Å². The van der Waals surface area contributed by atoms with Gasteiger partial charge in [0.25, 0.3) is 5.91 Å². The van der Waals surface area contributed by atoms with Gasteiger partial charge in [-0.3, -0.25) is 14.6 Å². The Morgan fingerprint density at radius 2 is 2.00 bits per heavy atom. The second-order valence-electron chi connectivity index (χ2n) is 5.82. The van der Waals surface area contributed by atoms with Crippen LogP contribution in [0.15, 0.2) is 42.7 Å². The highest BCUT2D eigenvalue weighted by molar-refractivity contribution is 5.96. The van der Waals surface area contributed by atoms with Crippen LogP contribution in [0.3, 0.4) is 0 Å². The maximum Gasteiger partial charge on any atom is 0.251 e. The number of carbonyl (C=O) groups is 2. The molecule has 0 radical (unpaired) electrons. The average molecular weight is 356 g/mol. The number of carbonyl (C=O) groups excluding carboxylic acids is 2. The van der Waals surface area contributed by atoms with Gasteiger partial charge in [-0.2, -0.15) is 4.98 Å². The van der Waals surface area contributed by atoms with E-state index in [1.165, 1.54) is 19.5 Å². The van der Waals surface area contributed by atoms with Crippen LogP contribution >= 0.6 is 0 Å². The van der Waals surface area contributed by atoms with Crippen LogP contribution in [0.2, 0.25) is 0 Å². The van der Waals surface area contributed by atoms with Gasteiger partial charge in [0.05, 0.1) is 32.6 Å². The molecule has 0 aliphatic carbocycles. The molecule has 1 unspecified atom stereocenters. The molecule has 1 aliphatic rings. The SMILES string of the molecule is COc1cncc(OC2CCN(C(=O)CNC(=O)c3ccccc3)C2)n1. The molecule has 1 N–H and O–H groups in total. The number of hydrogen-bond donors (Lipinski definition) is 1. The number of ether oxygens (including phenoxy) is 2. The molecular formula is C18H20N4O4. The predicted molar refractivity (Wildman–Crippen MR) is 93.0 cm³/mol. The third-order valence-electron chi connectivity index (χ3n) is 4.02. The second-order valence-corrected chi connectivity index (χ2v) is 5.82. The minimum Gasteiger partial charge on any atom is -0.480 e. The zero-order valence-electron chi connectivity index (χ0n) is 14.4. The molecule has 1 fully saturated rings. The van der Waals surface area contributed by atoms with E-state index in [-0.39, 0.29) is 24.5 Å². The van der Waals surface area contributed by atoms with Gasteiger partial charge in [0.1, 0.15) is 6.10 Å². The summed E-state index contributed by atoms with van der Waals surface area (Å²) in [7, 11) is 1.51. The summed E-state index contributed by atoms with van der Waals surface area (Å²) in [5, 5.41) is 2.65. The van der Waals surface area contributed by atoms with E-state index in [0.717, 1.165) is 0 Å². The van der Waals surface area contributed by atoms with E-state index in [2.05, 4.69) is 15.3 Å². The predicted octanol–water partition coefficient (Wildman–Crippen LogP) is 0.895. The fraction of sp³-hybridized carbons (Fsp3) is 0.333. The first-order chi connectivity index (χ1) is 12.7. The first-order valence-corrected chi connectivity index (χ1v) is 8.29. The van der Waals surface area contributed by atoms with Gasteiger partial charge in [-0.25, -0.2) is 0 Å². The van der Waals surface area contributed by atoms with E-state index in [1.807, 2.05) is 6.07 Å². The van der Waals surface area contributed by atoms with Crippen molar-refractivity contribution in [3.8, 4) is 11.8 Å². The third kappa shape index (κ3) is 4.47. The molecule has 1 saturated heterocycles. The van der Waals surface area contributed by atoms with E-state index < -0.39 is 0 Å². The Bertz CT molecular complexity index is 769. The zero-order valence-corrected chi connectivity index (χ0v) is 14.4. The lowest BCUT2D eigenvalue weighted by Gasteiger charge is -2.17. The fourth-order valence-corrected chi connectivity index (χ4v) is 2.67. The van der Waals surface area contributed by atoms with Crippen LogP contribution in [0, 0.1) is 0 Å². The van der Waals surface area contributed by atoms with E-state index in [1.54, 1.807) is 29.2 Å². The monoisotopic (exact) mass is 356 g/mol. The topological polar surface area (TPSA) is 93.7 Å². The van der Waals surface area contributed by atoms with Gasteiger partial charge in [-0.1, -0.05) is 18.2 Å². The molecule has 2 aromatic rings. The number of amides is 2. The van der Waals surface area contributed by atoms with E-state index in [0.29, 0.717) is 36.8 Å². The van der Waals surface area contributed by atoms with Gasteiger partial charge in [-0.15, -0.1) is 0 Å². The Hall–Kier alpha value is -3.16. The molecule has 1 aromatic carbocycles. The highest BCUT2D eigenvalue weighted by atomic mass is 16.5. The Balaban J connectivity index is 1.47. The number of nitrogens with zero attached hydrogens (tertiary/aromatic N) is 3. The smallest absolute Gasteiger partial charge is 0.251 e. The highest BCUT2D eigenvalue weighted by Crippen LogP contribution is 2.18. The summed E-state index contributed by atoms with van der Waals surface area (Å²) in [6.45, 7) is 0.973. The van der Waals surface area contributed by atoms with Crippen molar-refractivity contribution in [2.45, 2.75) is 12.5 Å². The number of nitrogens with one attached hydrogen (secondary N) is 1. The lowest BCUT2D eigenvalue weighted by molar-refractivity contribution is -0.129. The van der Waals surface area contributed by atoms with Crippen LogP contribution < -0.4 is 14.8 Å². The van der Waals surface area contributed by atoms with Gasteiger partial charge in [0.15, 0.2) is 0 Å². The number of aromatic nitrogens is 2. The quantitative estimate of drug-likeness (QED) is 0.826. The van der Waals surface area contributed by atoms with Crippen LogP contribution in [0.5, 0.6) is 11.8 Å². The summed E-state index contributed by atoms with van der Waals surface area (Å²) in [5.74, 6) is 0.327. The van der Waals surface area contributed by atoms with E-state index in [9.17, 15) is 9.59 Å². The zero-order chi connectivity index (χ0) is 18.4. The van der Waals surface area contributed by atoms with Crippen molar-refractivity contribution in [1.82, 2.24) is 20.2 Å². The minimum atomic E-state index is -0.266. The van der Waals surface area contributed by atoms with Gasteiger partial charge < -0.3 is 19.7 Å². The standard InChI is InChI=1S/C18H20N4O4/c1-25-15-9-19-10-16(21-15)26-14-7-8-22(12-14)17(23)11-20-18(24)13-5-3-2-4-6-13/h2-6,9-10,14H,7-8,11-12H2,1H3,(H,20,24). The number of methoxy groups -OCH3 is 1. The number of hydrogen-bond acceptors (Lipinski definition) is 6. The third-order valence-corrected chi connectivity index (χ3v) is 4.02. The summed E-state index contributed by atoms with van der Waals surface area (Å²) in [4.78, 5) is 34.1. The Morgan fingerprint density at radius 3 is 2.77 bits per heavy atom. The number of likely N-dealkylation sites (tertiary alicyclic amines) is 1. The Kier molecular flexibility index (Phi) is 5.62. The van der Waals surface area contributed by atoms with Gasteiger partial charge in [0, 0.05) is 18.5 Å². The van der Waals surface area contributed by atoms with Crippen LogP contribution in [0.25, 0.3) is 0 Å². The van der Waals surface area contributed by atoms with Crippen LogP contribution in [-0.2, 0) is 4.79 Å². The summed E-state index contributed by atoms with van der Waals surface area (Å²) in [6.07, 6.45) is 3.53. The van der Waals surface area contributed by atoms with Crippen LogP contribution in [0.4, 0.5) is 0 Å². The Morgan fingerprint density at radius 1 is 1.23 bits per heavy atom. The summed E-state index contributed by atoms with van der Waals surface area (Å²) in [5.41, 5.74) is 0.527. The minimum absolute atomic E-state index is 0.0422. The molecule has 3 rings (SSSR count). The molecule has 8 nitrogen and oxygen atoms in total. The summed E-state index contributed by atoms with van der Waals surface area (Å²) >= 11 is 0. The van der Waals surface area contributed by atoms with Gasteiger partial charge >= 0.3 is 0 Å². The normalized spacial score (nSPS) is 16.2. The molecule has 1 atom stereocenters. The molecule has 0 saturated carbocycles. The van der Waals surface area contributed by atoms with Crippen LogP contribution in [-0.4, -0.2) is 59.5 Å². The average Bonchev–Trinajstić information content (AvgIpc) is 3.15. The van der Waals surface area contributed by atoms with Crippen molar-refractivity contribution in [2.24, 2.45) is 0 Å². The Labute approximate surface area is 151 Å². The number of benzene rings is 1. The lowest BCUT2D eigenvalue weighted by atomic mass is 10.2.